The fourth-order valence-corrected chi connectivity index (χ4v) is 2.16. The molecule has 0 saturated heterocycles. The summed E-state index contributed by atoms with van der Waals surface area (Å²) < 4.78 is 15.4. The molecule has 1 N–H and O–H groups in total. The Morgan fingerprint density at radius 1 is 1.50 bits per heavy atom. The summed E-state index contributed by atoms with van der Waals surface area (Å²) in [7, 11) is 1.85. The molecule has 84 valence electrons. The van der Waals surface area contributed by atoms with Crippen LogP contribution >= 0.6 is 27.5 Å². The maximum Gasteiger partial charge on any atom is 0.207 e. The van der Waals surface area contributed by atoms with Crippen LogP contribution in [0.2, 0.25) is 5.02 Å². The van der Waals surface area contributed by atoms with Gasteiger partial charge in [-0.3, -0.25) is 0 Å². The van der Waals surface area contributed by atoms with Gasteiger partial charge >= 0.3 is 0 Å². The highest BCUT2D eigenvalue weighted by atomic mass is 79.9. The quantitative estimate of drug-likeness (QED) is 0.916. The van der Waals surface area contributed by atoms with Crippen LogP contribution in [0, 0.1) is 5.82 Å². The Labute approximate surface area is 105 Å². The highest BCUT2D eigenvalue weighted by Crippen LogP contribution is 2.33. The monoisotopic (exact) mass is 303 g/mol. The zero-order valence-electron chi connectivity index (χ0n) is 8.34. The molecule has 0 amide bonds. The van der Waals surface area contributed by atoms with Gasteiger partial charge in [0.05, 0.1) is 10.7 Å². The van der Waals surface area contributed by atoms with E-state index in [1.165, 1.54) is 12.1 Å². The van der Waals surface area contributed by atoms with Crippen molar-refractivity contribution in [3.05, 3.63) is 39.8 Å². The van der Waals surface area contributed by atoms with Crippen molar-refractivity contribution in [1.29, 1.82) is 0 Å². The third-order valence-electron chi connectivity index (χ3n) is 2.06. The largest absolute Gasteiger partial charge is 0.323 e. The Morgan fingerprint density at radius 3 is 2.81 bits per heavy atom. The summed E-state index contributed by atoms with van der Waals surface area (Å²) >= 11 is 9.18. The van der Waals surface area contributed by atoms with Gasteiger partial charge in [-0.1, -0.05) is 11.6 Å². The highest BCUT2D eigenvalue weighted by Gasteiger charge is 2.10. The standard InChI is InChI=1S/C10H8BrClFN3/c1-16-3-2-14-10(16)15-9-7(11)4-6(13)5-8(9)12/h2-5H,1H3,(H,14,15). The molecule has 0 saturated carbocycles. The molecule has 0 atom stereocenters. The number of aromatic nitrogens is 2. The molecule has 6 heteroatoms. The minimum Gasteiger partial charge on any atom is -0.323 e. The van der Waals surface area contributed by atoms with Gasteiger partial charge in [0, 0.05) is 23.9 Å². The number of nitrogens with one attached hydrogen (secondary N) is 1. The number of hydrogen-bond acceptors (Lipinski definition) is 2. The van der Waals surface area contributed by atoms with E-state index in [0.29, 0.717) is 21.1 Å². The molecule has 1 aromatic heterocycles. The summed E-state index contributed by atoms with van der Waals surface area (Å²) in [6.07, 6.45) is 3.46. The van der Waals surface area contributed by atoms with Crippen LogP contribution in [0.15, 0.2) is 29.0 Å². The van der Waals surface area contributed by atoms with Crippen molar-refractivity contribution >= 4 is 39.2 Å². The Bertz CT molecular complexity index is 504. The Hall–Kier alpha value is -1.07. The number of aryl methyl sites for hydroxylation is 1. The van der Waals surface area contributed by atoms with Gasteiger partial charge in [0.25, 0.3) is 0 Å². The van der Waals surface area contributed by atoms with E-state index in [1.807, 2.05) is 7.05 Å². The van der Waals surface area contributed by atoms with Crippen molar-refractivity contribution in [1.82, 2.24) is 9.55 Å². The molecule has 0 aliphatic carbocycles. The van der Waals surface area contributed by atoms with Crippen LogP contribution < -0.4 is 5.32 Å². The van der Waals surface area contributed by atoms with Crippen molar-refractivity contribution < 1.29 is 4.39 Å². The van der Waals surface area contributed by atoms with E-state index < -0.39 is 0 Å². The van der Waals surface area contributed by atoms with Gasteiger partial charge in [0.2, 0.25) is 5.95 Å². The molecule has 0 radical (unpaired) electrons. The van der Waals surface area contributed by atoms with Crippen LogP contribution in [0.25, 0.3) is 0 Å². The number of halogens is 3. The smallest absolute Gasteiger partial charge is 0.207 e. The van der Waals surface area contributed by atoms with Crippen LogP contribution in [0.4, 0.5) is 16.0 Å². The first-order valence-corrected chi connectivity index (χ1v) is 5.64. The van der Waals surface area contributed by atoms with E-state index in [-0.39, 0.29) is 5.82 Å². The van der Waals surface area contributed by atoms with E-state index in [9.17, 15) is 4.39 Å². The number of benzene rings is 1. The highest BCUT2D eigenvalue weighted by molar-refractivity contribution is 9.10. The number of imidazole rings is 1. The van der Waals surface area contributed by atoms with Gasteiger partial charge in [0.1, 0.15) is 5.82 Å². The van der Waals surface area contributed by atoms with Crippen molar-refractivity contribution in [3.8, 4) is 0 Å². The first-order chi connectivity index (χ1) is 7.58. The summed E-state index contributed by atoms with van der Waals surface area (Å²) in [5.41, 5.74) is 0.595. The lowest BCUT2D eigenvalue weighted by Crippen LogP contribution is -2.00. The van der Waals surface area contributed by atoms with Crippen LogP contribution in [-0.4, -0.2) is 9.55 Å². The summed E-state index contributed by atoms with van der Waals surface area (Å²) in [5.74, 6) is 0.247. The fourth-order valence-electron chi connectivity index (χ4n) is 1.26. The van der Waals surface area contributed by atoms with Gasteiger partial charge in [0.15, 0.2) is 0 Å². The molecule has 16 heavy (non-hydrogen) atoms. The minimum absolute atomic E-state index is 0.301. The molecule has 2 aromatic rings. The second-order valence-corrected chi connectivity index (χ2v) is 4.49. The molecule has 0 fully saturated rings. The molecule has 2 rings (SSSR count). The van der Waals surface area contributed by atoms with Gasteiger partial charge in [-0.2, -0.15) is 0 Å². The molecule has 3 nitrogen and oxygen atoms in total. The molecule has 0 aliphatic rings. The van der Waals surface area contributed by atoms with E-state index >= 15 is 0 Å². The zero-order valence-corrected chi connectivity index (χ0v) is 10.7. The Balaban J connectivity index is 2.39. The molecule has 0 aliphatic heterocycles. The molecule has 1 aromatic carbocycles. The zero-order chi connectivity index (χ0) is 11.7. The predicted octanol–water partition coefficient (Wildman–Crippen LogP) is 3.72. The average Bonchev–Trinajstić information content (AvgIpc) is 2.57. The maximum atomic E-state index is 13.0. The summed E-state index contributed by atoms with van der Waals surface area (Å²) in [6.45, 7) is 0. The summed E-state index contributed by atoms with van der Waals surface area (Å²) in [4.78, 5) is 4.09. The molecule has 1 heterocycles. The third-order valence-corrected chi connectivity index (χ3v) is 2.99. The van der Waals surface area contributed by atoms with Crippen molar-refractivity contribution in [2.75, 3.05) is 5.32 Å². The van der Waals surface area contributed by atoms with Crippen molar-refractivity contribution in [2.24, 2.45) is 7.05 Å². The topological polar surface area (TPSA) is 29.9 Å². The van der Waals surface area contributed by atoms with Gasteiger partial charge in [-0.15, -0.1) is 0 Å². The third kappa shape index (κ3) is 2.20. The van der Waals surface area contributed by atoms with E-state index in [4.69, 9.17) is 11.6 Å². The number of anilines is 2. The lowest BCUT2D eigenvalue weighted by molar-refractivity contribution is 0.627. The van der Waals surface area contributed by atoms with E-state index in [2.05, 4.69) is 26.2 Å². The molecular formula is C10H8BrClFN3. The number of rotatable bonds is 2. The maximum absolute atomic E-state index is 13.0. The normalized spacial score (nSPS) is 10.5. The average molecular weight is 305 g/mol. The molecule has 0 bridgehead atoms. The van der Waals surface area contributed by atoms with Crippen LogP contribution in [0.5, 0.6) is 0 Å². The Morgan fingerprint density at radius 2 is 2.25 bits per heavy atom. The van der Waals surface area contributed by atoms with Gasteiger partial charge in [-0.05, 0) is 28.1 Å². The van der Waals surface area contributed by atoms with Crippen molar-refractivity contribution in [2.45, 2.75) is 0 Å². The van der Waals surface area contributed by atoms with E-state index in [0.717, 1.165) is 0 Å². The molecule has 0 spiro atoms. The predicted molar refractivity (Wildman–Crippen MR) is 65.6 cm³/mol. The SMILES string of the molecule is Cn1ccnc1Nc1c(Cl)cc(F)cc1Br. The first kappa shape index (κ1) is 11.4. The first-order valence-electron chi connectivity index (χ1n) is 4.47. The summed E-state index contributed by atoms with van der Waals surface area (Å²) in [6, 6.07) is 2.59. The lowest BCUT2D eigenvalue weighted by Gasteiger charge is -2.10. The summed E-state index contributed by atoms with van der Waals surface area (Å²) in [5, 5.41) is 3.32. The number of nitrogens with zero attached hydrogens (tertiary/aromatic N) is 2. The van der Waals surface area contributed by atoms with Gasteiger partial charge < -0.3 is 9.88 Å². The minimum atomic E-state index is -0.387. The Kier molecular flexibility index (Phi) is 3.16. The molecule has 0 unspecified atom stereocenters. The van der Waals surface area contributed by atoms with Crippen LogP contribution in [-0.2, 0) is 7.05 Å². The van der Waals surface area contributed by atoms with E-state index in [1.54, 1.807) is 17.0 Å². The van der Waals surface area contributed by atoms with Crippen molar-refractivity contribution in [3.63, 3.8) is 0 Å². The van der Waals surface area contributed by atoms with Gasteiger partial charge in [-0.25, -0.2) is 9.37 Å². The number of hydrogen-bond donors (Lipinski definition) is 1. The second kappa shape index (κ2) is 4.43. The van der Waals surface area contributed by atoms with Crippen LogP contribution in [0.1, 0.15) is 0 Å². The second-order valence-electron chi connectivity index (χ2n) is 3.23. The molecular weight excluding hydrogens is 296 g/mol. The fraction of sp³-hybridized carbons (Fsp3) is 0.100. The lowest BCUT2D eigenvalue weighted by atomic mass is 10.3. The van der Waals surface area contributed by atoms with Crippen LogP contribution in [0.3, 0.4) is 0 Å².